The molecule has 0 aromatic carbocycles. The van der Waals surface area contributed by atoms with Gasteiger partial charge in [0.25, 0.3) is 16.7 Å². The minimum Gasteiger partial charge on any atom is -0.466 e. The maximum Gasteiger partial charge on any atom is 0.332 e. The molecule has 0 amide bonds. The van der Waals surface area contributed by atoms with E-state index < -0.39 is 11.2 Å². The molecule has 8 aromatic heterocycles. The van der Waals surface area contributed by atoms with Crippen LogP contribution in [0.4, 0.5) is 23.3 Å². The standard InChI is InChI=1S/C14H19N3O4S.C13H17N3O3S2.C12H16N4O4.C12H16N4O3S.C12H15N3O3S2.C11H13N3O3S/c1-4-21-11(18)6-5-7-22-10-8-9-12(15-10)16(2)14(20)17(3)13(9)19;1-4-19-10(17)5-6-21-9-7-8-11(14-9)15(2)13(18)16(3)12(8)20;1-4-20-8(17)5-6-16-7-13-10-9(16)11(18)15(3)12(19)14(10)2;1-4-19-8(17)5-6-16-7-13-10-9(16)11(20)15(3)12(18)14(10)2;1-4-18-9(16)6-20-8-5-7-10(13-8)14(2)12(17)15(3)11(7)19;1-6(15)5-18-8-4-7-9(12-8)13(2)11(17)14(3)10(7)16/h4-8H2,1-3H3;4-7H2,1-3H3;2*7H,4-6H2,1-3H3;4-6H2,1-3H3;4-5H2,1-3H3. The van der Waals surface area contributed by atoms with Crippen LogP contribution in [-0.4, -0.2) is 186 Å². The molecule has 40 nitrogen and oxygen atoms in total. The SMILES string of the molecule is CC(=O)CSC1=Nc2c(c(=O)n(C)c(=O)n2C)C1.CCOC(=O)CCCSC1=Nc2c(c(=O)n(C)c(=O)n2C)C1.CCOC(=O)CCSC1=Nc2c(c(=S)n(C)c(=O)n2C)C1.CCOC(=O)CCn1cnc2c1c(=O)n(C)c(=O)n2C.CCOC(=O)CCn1cnc2c1c(=S)n(C)c(=O)n2C.CCOC(=O)CSC1=Nc2c(c(=S)n(C)c(=O)n2C)C1. The van der Waals surface area contributed by atoms with E-state index in [4.69, 9.17) is 60.3 Å². The molecule has 0 unspecified atom stereocenters. The Labute approximate surface area is 722 Å². The van der Waals surface area contributed by atoms with Crippen molar-refractivity contribution in [2.24, 2.45) is 105 Å². The van der Waals surface area contributed by atoms with Crippen LogP contribution in [0.1, 0.15) is 95.9 Å². The summed E-state index contributed by atoms with van der Waals surface area (Å²) in [5, 5.41) is 3.16. The number of Topliss-reactive ketones (excluding diaryl/α,β-unsaturated/α-hetero) is 1. The second-order valence-corrected chi connectivity index (χ2v) is 32.3. The van der Waals surface area contributed by atoms with Gasteiger partial charge in [-0.1, -0.05) is 48.4 Å². The summed E-state index contributed by atoms with van der Waals surface area (Å²) in [6.45, 7) is 12.9. The molecule has 47 heteroatoms. The molecule has 0 saturated carbocycles. The van der Waals surface area contributed by atoms with Crippen molar-refractivity contribution in [1.29, 1.82) is 0 Å². The first-order valence-corrected chi connectivity index (χ1v) is 42.8. The van der Waals surface area contributed by atoms with Gasteiger partial charge in [-0.3, -0.25) is 98.0 Å². The highest BCUT2D eigenvalue weighted by Gasteiger charge is 2.28. The number of thioether (sulfide) groups is 4. The Morgan fingerprint density at radius 1 is 0.347 bits per heavy atom. The second-order valence-electron chi connectivity index (χ2n) is 26.7. The first-order valence-electron chi connectivity index (χ1n) is 37.7. The molecular weight excluding hydrogens is 1710 g/mol. The summed E-state index contributed by atoms with van der Waals surface area (Å²) in [6.07, 6.45) is 6.84. The van der Waals surface area contributed by atoms with Crippen molar-refractivity contribution < 1.29 is 52.5 Å². The van der Waals surface area contributed by atoms with Crippen LogP contribution in [-0.2, 0) is 176 Å². The molecule has 0 atom stereocenters. The van der Waals surface area contributed by atoms with Gasteiger partial charge in [-0.15, -0.1) is 35.3 Å². The summed E-state index contributed by atoms with van der Waals surface area (Å²) < 4.78 is 45.0. The molecule has 0 saturated heterocycles. The van der Waals surface area contributed by atoms with Crippen molar-refractivity contribution in [3.8, 4) is 0 Å². The van der Waals surface area contributed by atoms with Gasteiger partial charge >= 0.3 is 64.0 Å². The summed E-state index contributed by atoms with van der Waals surface area (Å²) in [6, 6.07) is 0. The largest absolute Gasteiger partial charge is 0.466 e. The van der Waals surface area contributed by atoms with E-state index in [9.17, 15) is 71.9 Å². The molecule has 0 aliphatic carbocycles. The molecule has 654 valence electrons. The van der Waals surface area contributed by atoms with E-state index in [-0.39, 0.29) is 100 Å². The number of ether oxygens (including phenoxy) is 5. The van der Waals surface area contributed by atoms with Crippen LogP contribution in [0.2, 0.25) is 0 Å². The molecular formula is C74H96N20O20S7. The van der Waals surface area contributed by atoms with Crippen molar-refractivity contribution in [3.05, 3.63) is 143 Å². The summed E-state index contributed by atoms with van der Waals surface area (Å²) in [5.74, 6) is 2.73. The van der Waals surface area contributed by atoms with E-state index >= 15 is 0 Å². The lowest BCUT2D eigenvalue weighted by molar-refractivity contribution is -0.144. The van der Waals surface area contributed by atoms with Crippen LogP contribution in [0.5, 0.6) is 0 Å². The monoisotopic (exact) mass is 1810 g/mol. The predicted octanol–water partition coefficient (Wildman–Crippen LogP) is 3.94. The highest BCUT2D eigenvalue weighted by atomic mass is 32.2. The third-order valence-corrected chi connectivity index (χ3v) is 24.0. The molecule has 12 heterocycles. The van der Waals surface area contributed by atoms with Gasteiger partial charge in [-0.25, -0.2) is 58.7 Å². The summed E-state index contributed by atoms with van der Waals surface area (Å²) in [7, 11) is 19.0. The lowest BCUT2D eigenvalue weighted by Gasteiger charge is -2.07. The number of aliphatic imine (C=N–C) groups is 4. The highest BCUT2D eigenvalue weighted by molar-refractivity contribution is 8.15. The zero-order valence-electron chi connectivity index (χ0n) is 70.3. The van der Waals surface area contributed by atoms with Crippen molar-refractivity contribution in [1.82, 2.24) is 73.9 Å². The van der Waals surface area contributed by atoms with Crippen molar-refractivity contribution >= 4 is 185 Å². The number of aromatic nitrogens is 16. The molecule has 0 N–H and O–H groups in total. The first kappa shape index (κ1) is 97.5. The number of fused-ring (bicyclic) bond motifs is 6. The third-order valence-electron chi connectivity index (χ3n) is 18.4. The van der Waals surface area contributed by atoms with Crippen LogP contribution < -0.4 is 50.8 Å². The Morgan fingerprint density at radius 2 is 0.653 bits per heavy atom. The Balaban J connectivity index is 0.000000200. The molecule has 0 fully saturated rings. The van der Waals surface area contributed by atoms with E-state index in [1.54, 1.807) is 114 Å². The number of ketones is 1. The van der Waals surface area contributed by atoms with E-state index in [1.165, 1.54) is 123 Å². The Morgan fingerprint density at radius 3 is 1.07 bits per heavy atom. The quantitative estimate of drug-likeness (QED) is 0.0401. The fourth-order valence-corrected chi connectivity index (χ4v) is 16.2. The van der Waals surface area contributed by atoms with Crippen LogP contribution in [0.25, 0.3) is 22.3 Å². The van der Waals surface area contributed by atoms with Crippen LogP contribution in [0, 0.1) is 13.9 Å². The number of esters is 5. The first-order chi connectivity index (χ1) is 57.2. The highest BCUT2D eigenvalue weighted by Crippen LogP contribution is 2.32. The molecule has 0 radical (unpaired) electrons. The van der Waals surface area contributed by atoms with Crippen molar-refractivity contribution in [2.45, 2.75) is 112 Å². The van der Waals surface area contributed by atoms with Crippen molar-refractivity contribution in [2.75, 3.05) is 56.0 Å². The van der Waals surface area contributed by atoms with Gasteiger partial charge in [0, 0.05) is 147 Å². The Kier molecular flexibility index (Phi) is 35.7. The van der Waals surface area contributed by atoms with E-state index in [1.807, 2.05) is 0 Å². The van der Waals surface area contributed by atoms with Gasteiger partial charge in [0.05, 0.1) is 108 Å². The topological polar surface area (TPSA) is 446 Å². The molecule has 12 rings (SSSR count). The average molecular weight is 1810 g/mol. The fourth-order valence-electron chi connectivity index (χ4n) is 12.0. The molecule has 4 aliphatic heterocycles. The smallest absolute Gasteiger partial charge is 0.332 e. The summed E-state index contributed by atoms with van der Waals surface area (Å²) >= 11 is 21.5. The normalized spacial score (nSPS) is 12.4. The van der Waals surface area contributed by atoms with Gasteiger partial charge < -0.3 is 32.8 Å². The van der Waals surface area contributed by atoms with Gasteiger partial charge in [0.15, 0.2) is 16.8 Å². The zero-order chi connectivity index (χ0) is 89.9. The number of carbonyl (C=O) groups is 6. The van der Waals surface area contributed by atoms with Gasteiger partial charge in [-0.2, -0.15) is 0 Å². The molecule has 121 heavy (non-hydrogen) atoms. The molecule has 4 aliphatic rings. The minimum atomic E-state index is -0.432. The lowest BCUT2D eigenvalue weighted by Crippen LogP contribution is -2.38. The van der Waals surface area contributed by atoms with Gasteiger partial charge in [0.1, 0.15) is 48.5 Å². The van der Waals surface area contributed by atoms with Crippen LogP contribution in [0.3, 0.4) is 0 Å². The number of carbonyl (C=O) groups excluding carboxylic acids is 6. The summed E-state index contributed by atoms with van der Waals surface area (Å²) in [4.78, 5) is 201. The molecule has 8 aromatic rings. The van der Waals surface area contributed by atoms with Crippen LogP contribution >= 0.6 is 83.7 Å². The Bertz CT molecular complexity index is 6180. The number of hydrogen-bond donors (Lipinski definition) is 0. The number of imidazole rings is 2. The minimum absolute atomic E-state index is 0.0560. The number of hydrogen-bond acceptors (Lipinski definition) is 33. The van der Waals surface area contributed by atoms with E-state index in [2.05, 4.69) is 29.9 Å². The fraction of sp³-hybridized carbons (Fsp3) is 0.514. The maximum atomic E-state index is 12.1. The zero-order valence-corrected chi connectivity index (χ0v) is 76.0. The number of rotatable bonds is 22. The van der Waals surface area contributed by atoms with Gasteiger partial charge in [0.2, 0.25) is 0 Å². The molecule has 0 spiro atoms. The lowest BCUT2D eigenvalue weighted by atomic mass is 10.2. The Hall–Kier alpha value is -10.6. The predicted molar refractivity (Wildman–Crippen MR) is 472 cm³/mol. The average Bonchev–Trinajstić information content (AvgIpc) is 1.65. The van der Waals surface area contributed by atoms with Crippen molar-refractivity contribution in [3.63, 3.8) is 0 Å². The van der Waals surface area contributed by atoms with E-state index in [0.29, 0.717) is 172 Å². The molecule has 0 bridgehead atoms. The maximum absolute atomic E-state index is 12.1. The third kappa shape index (κ3) is 23.6. The number of aryl methyl sites for hydroxylation is 4. The van der Waals surface area contributed by atoms with E-state index in [0.717, 1.165) is 45.7 Å². The van der Waals surface area contributed by atoms with Gasteiger partial charge in [-0.05, 0) is 53.7 Å². The second kappa shape index (κ2) is 44.3. The van der Waals surface area contributed by atoms with Crippen LogP contribution in [0.15, 0.2) is 75.8 Å². The number of nitrogens with zero attached hydrogens (tertiary/aromatic N) is 20. The summed E-state index contributed by atoms with van der Waals surface area (Å²) in [5.41, 5.74) is 1.81.